The number of rotatable bonds is 46. The minimum atomic E-state index is -4.65. The summed E-state index contributed by atoms with van der Waals surface area (Å²) in [7, 11) is 1.11. The molecule has 0 aliphatic rings. The zero-order valence-electron chi connectivity index (χ0n) is 41.1. The third-order valence-electron chi connectivity index (χ3n) is 10.9. The standard InChI is InChI=1S/C52H96NO9P/c1-6-7-8-9-10-11-12-13-14-15-16-17-18-19-22-25-28-31-34-37-40-43-51(55)59-47-50(48-61-63(57,58)60-46-45-53(3,4)5)62-52(56)44-41-38-35-32-29-26-23-20-21-24-27-30-33-36-39-42-49(2)54/h21,23-24,26,30,32-33,35,49-50,54H,6-20,22,25,27-29,31,34,36-48H2,1-5H3/b24-21-,26-23-,33-30-,35-32-/t49-,50+/m0/s1. The number of allylic oxidation sites excluding steroid dienone is 8. The number of quaternary nitrogens is 1. The summed E-state index contributed by atoms with van der Waals surface area (Å²) < 4.78 is 33.9. The zero-order valence-corrected chi connectivity index (χ0v) is 42.0. The van der Waals surface area contributed by atoms with Crippen LogP contribution >= 0.6 is 7.82 Å². The Balaban J connectivity index is 4.31. The summed E-state index contributed by atoms with van der Waals surface area (Å²) >= 11 is 0. The number of carbonyl (C=O) groups is 2. The Morgan fingerprint density at radius 1 is 0.571 bits per heavy atom. The molecule has 11 heteroatoms. The van der Waals surface area contributed by atoms with E-state index in [2.05, 4.69) is 49.5 Å². The molecule has 0 radical (unpaired) electrons. The molecule has 0 aromatic rings. The Hall–Kier alpha value is -2.07. The van der Waals surface area contributed by atoms with E-state index >= 15 is 0 Å². The van der Waals surface area contributed by atoms with Crippen LogP contribution in [0, 0.1) is 0 Å². The normalized spacial score (nSPS) is 14.3. The molecule has 10 nitrogen and oxygen atoms in total. The van der Waals surface area contributed by atoms with Crippen molar-refractivity contribution >= 4 is 19.8 Å². The van der Waals surface area contributed by atoms with Crippen molar-refractivity contribution < 1.29 is 47.2 Å². The first kappa shape index (κ1) is 60.9. The molecule has 0 heterocycles. The van der Waals surface area contributed by atoms with Crippen molar-refractivity contribution in [3.63, 3.8) is 0 Å². The summed E-state index contributed by atoms with van der Waals surface area (Å²) in [6.45, 7) is 3.73. The fraction of sp³-hybridized carbons (Fsp3) is 0.808. The summed E-state index contributed by atoms with van der Waals surface area (Å²) in [4.78, 5) is 37.7. The van der Waals surface area contributed by atoms with Crippen LogP contribution in [0.25, 0.3) is 0 Å². The summed E-state index contributed by atoms with van der Waals surface area (Å²) in [5.41, 5.74) is 0. The molecule has 3 atom stereocenters. The average Bonchev–Trinajstić information content (AvgIpc) is 3.22. The molecule has 63 heavy (non-hydrogen) atoms. The van der Waals surface area contributed by atoms with E-state index in [1.807, 2.05) is 34.1 Å². The van der Waals surface area contributed by atoms with E-state index in [4.69, 9.17) is 18.5 Å². The number of phosphoric ester groups is 1. The van der Waals surface area contributed by atoms with E-state index in [0.717, 1.165) is 57.8 Å². The third-order valence-corrected chi connectivity index (χ3v) is 11.8. The minimum Gasteiger partial charge on any atom is -0.756 e. The number of unbranched alkanes of at least 4 members (excludes halogenated alkanes) is 22. The Labute approximate surface area is 386 Å². The fourth-order valence-corrected chi connectivity index (χ4v) is 7.63. The second-order valence-corrected chi connectivity index (χ2v) is 19.9. The van der Waals surface area contributed by atoms with Crippen molar-refractivity contribution in [2.45, 2.75) is 225 Å². The largest absolute Gasteiger partial charge is 0.756 e. The van der Waals surface area contributed by atoms with Crippen molar-refractivity contribution in [1.82, 2.24) is 0 Å². The van der Waals surface area contributed by atoms with Gasteiger partial charge in [-0.25, -0.2) is 0 Å². The molecule has 0 aromatic heterocycles. The molecule has 0 spiro atoms. The summed E-state index contributed by atoms with van der Waals surface area (Å²) in [6, 6.07) is 0. The van der Waals surface area contributed by atoms with Gasteiger partial charge in [0.2, 0.25) is 0 Å². The van der Waals surface area contributed by atoms with Crippen molar-refractivity contribution in [1.29, 1.82) is 0 Å². The van der Waals surface area contributed by atoms with Crippen LogP contribution < -0.4 is 4.89 Å². The van der Waals surface area contributed by atoms with E-state index in [1.165, 1.54) is 116 Å². The van der Waals surface area contributed by atoms with Crippen LogP contribution in [0.3, 0.4) is 0 Å². The van der Waals surface area contributed by atoms with Crippen molar-refractivity contribution in [3.8, 4) is 0 Å². The molecule has 0 aromatic carbocycles. The van der Waals surface area contributed by atoms with Crippen LogP contribution in [-0.2, 0) is 32.7 Å². The van der Waals surface area contributed by atoms with Crippen molar-refractivity contribution in [2.24, 2.45) is 0 Å². The maximum atomic E-state index is 12.7. The number of hydrogen-bond donors (Lipinski definition) is 1. The van der Waals surface area contributed by atoms with Gasteiger partial charge in [-0.2, -0.15) is 0 Å². The number of hydrogen-bond acceptors (Lipinski definition) is 9. The monoisotopic (exact) mass is 910 g/mol. The SMILES string of the molecule is CCCCCCCCCCCCCCCCCCCCCCCC(=O)OC[C@H](COP(=O)([O-])OCC[N+](C)(C)C)OC(=O)CCC/C=C\C/C=C\C/C=C\C/C=C\CCC[C@H](C)O. The van der Waals surface area contributed by atoms with Crippen LogP contribution in [0.2, 0.25) is 0 Å². The lowest BCUT2D eigenvalue weighted by molar-refractivity contribution is -0.870. The Kier molecular flexibility index (Phi) is 42.4. The van der Waals surface area contributed by atoms with Gasteiger partial charge in [0.15, 0.2) is 6.10 Å². The summed E-state index contributed by atoms with van der Waals surface area (Å²) in [5.74, 6) is -0.910. The summed E-state index contributed by atoms with van der Waals surface area (Å²) in [5, 5.41) is 9.29. The van der Waals surface area contributed by atoms with Gasteiger partial charge in [0, 0.05) is 12.8 Å². The van der Waals surface area contributed by atoms with Gasteiger partial charge in [-0.05, 0) is 64.7 Å². The number of esters is 2. The first-order valence-corrected chi connectivity index (χ1v) is 26.8. The maximum absolute atomic E-state index is 12.7. The first-order chi connectivity index (χ1) is 30.3. The van der Waals surface area contributed by atoms with E-state index in [1.54, 1.807) is 0 Å². The van der Waals surface area contributed by atoms with Gasteiger partial charge in [-0.1, -0.05) is 184 Å². The molecule has 0 rings (SSSR count). The van der Waals surface area contributed by atoms with E-state index in [9.17, 15) is 24.2 Å². The van der Waals surface area contributed by atoms with Crippen molar-refractivity contribution in [2.75, 3.05) is 47.5 Å². The topological polar surface area (TPSA) is 131 Å². The molecule has 0 amide bonds. The second kappa shape index (κ2) is 43.8. The molecule has 0 aliphatic carbocycles. The number of nitrogens with zero attached hydrogens (tertiary/aromatic N) is 1. The highest BCUT2D eigenvalue weighted by atomic mass is 31.2. The highest BCUT2D eigenvalue weighted by Gasteiger charge is 2.21. The van der Waals surface area contributed by atoms with Gasteiger partial charge in [0.1, 0.15) is 19.8 Å². The third kappa shape index (κ3) is 49.2. The highest BCUT2D eigenvalue weighted by molar-refractivity contribution is 7.45. The molecular formula is C52H96NO9P. The van der Waals surface area contributed by atoms with Gasteiger partial charge in [0.05, 0.1) is 33.9 Å². The van der Waals surface area contributed by atoms with Gasteiger partial charge in [-0.15, -0.1) is 0 Å². The average molecular weight is 910 g/mol. The van der Waals surface area contributed by atoms with Gasteiger partial charge in [-0.3, -0.25) is 14.2 Å². The van der Waals surface area contributed by atoms with Crippen LogP contribution in [0.15, 0.2) is 48.6 Å². The molecule has 1 unspecified atom stereocenters. The number of ether oxygens (including phenoxy) is 2. The number of carbonyl (C=O) groups excluding carboxylic acids is 2. The van der Waals surface area contributed by atoms with E-state index in [0.29, 0.717) is 23.9 Å². The molecule has 368 valence electrons. The lowest BCUT2D eigenvalue weighted by Gasteiger charge is -2.28. The molecule has 0 aliphatic heterocycles. The maximum Gasteiger partial charge on any atom is 0.306 e. The van der Waals surface area contributed by atoms with E-state index < -0.39 is 32.5 Å². The molecule has 0 bridgehead atoms. The number of likely N-dealkylation sites (N-methyl/N-ethyl adjacent to an activating group) is 1. The van der Waals surface area contributed by atoms with E-state index in [-0.39, 0.29) is 32.2 Å². The quantitative estimate of drug-likeness (QED) is 0.0208. The fourth-order valence-electron chi connectivity index (χ4n) is 6.90. The Bertz CT molecular complexity index is 1230. The van der Waals surface area contributed by atoms with Crippen LogP contribution in [0.4, 0.5) is 0 Å². The molecule has 0 saturated carbocycles. The van der Waals surface area contributed by atoms with Crippen molar-refractivity contribution in [3.05, 3.63) is 48.6 Å². The lowest BCUT2D eigenvalue weighted by atomic mass is 10.0. The minimum absolute atomic E-state index is 0.0469. The second-order valence-electron chi connectivity index (χ2n) is 18.5. The molecule has 0 fully saturated rings. The first-order valence-electron chi connectivity index (χ1n) is 25.4. The van der Waals surface area contributed by atoms with Gasteiger partial charge in [0.25, 0.3) is 7.82 Å². The Morgan fingerprint density at radius 3 is 1.43 bits per heavy atom. The molecule has 1 N–H and O–H groups in total. The predicted octanol–water partition coefficient (Wildman–Crippen LogP) is 13.4. The number of aliphatic hydroxyl groups is 1. The Morgan fingerprint density at radius 2 is 0.984 bits per heavy atom. The lowest BCUT2D eigenvalue weighted by Crippen LogP contribution is -2.37. The van der Waals surface area contributed by atoms with Gasteiger partial charge >= 0.3 is 11.9 Å². The summed E-state index contributed by atoms with van der Waals surface area (Å²) in [6.07, 6.45) is 50.0. The van der Waals surface area contributed by atoms with Crippen LogP contribution in [0.1, 0.15) is 213 Å². The van der Waals surface area contributed by atoms with Crippen LogP contribution in [0.5, 0.6) is 0 Å². The smallest absolute Gasteiger partial charge is 0.306 e. The highest BCUT2D eigenvalue weighted by Crippen LogP contribution is 2.38. The number of phosphoric acid groups is 1. The number of aliphatic hydroxyl groups excluding tert-OH is 1. The molecular weight excluding hydrogens is 814 g/mol. The van der Waals surface area contributed by atoms with Crippen LogP contribution in [-0.4, -0.2) is 81.2 Å². The van der Waals surface area contributed by atoms with Gasteiger partial charge < -0.3 is 33.0 Å². The zero-order chi connectivity index (χ0) is 46.5. The predicted molar refractivity (Wildman–Crippen MR) is 260 cm³/mol. The molecule has 0 saturated heterocycles.